The first-order valence-electron chi connectivity index (χ1n) is 7.60. The van der Waals surface area contributed by atoms with Gasteiger partial charge in [0.05, 0.1) is 0 Å². The SMILES string of the molecule is N#CC1(C#N)C/C(=C\[Se]c2ccccc2)[C@@H]2[C@H]1[C@@H]1O[C@H]2CC1=O. The quantitative estimate of drug-likeness (QED) is 0.737. The standard InChI is InChI=1S/C18H14N2O2Se/c19-9-18(10-20)7-11(8-23-12-4-2-1-3-5-12)15-14-6-13(21)17(22-14)16(15)18/h1-5,8,14-17H,6-7H2/b11-8+/t14-,15-,16-,17+/m0/s1. The van der Waals surface area contributed by atoms with Crippen LogP contribution in [0, 0.1) is 39.9 Å². The van der Waals surface area contributed by atoms with E-state index in [1.165, 1.54) is 4.46 Å². The third-order valence-electron chi connectivity index (χ3n) is 5.12. The number of hydrogen-bond acceptors (Lipinski definition) is 4. The predicted octanol–water partition coefficient (Wildman–Crippen LogP) is 1.31. The zero-order valence-corrected chi connectivity index (χ0v) is 14.0. The molecular formula is C18H14N2O2Se. The molecule has 3 fully saturated rings. The molecule has 0 unspecified atom stereocenters. The molecule has 0 aromatic heterocycles. The van der Waals surface area contributed by atoms with Gasteiger partial charge in [-0.05, 0) is 0 Å². The number of benzene rings is 1. The van der Waals surface area contributed by atoms with Crippen LogP contribution in [0.4, 0.5) is 0 Å². The van der Waals surface area contributed by atoms with Gasteiger partial charge in [-0.25, -0.2) is 0 Å². The molecule has 1 aromatic rings. The fraction of sp³-hybridized carbons (Fsp3) is 0.389. The van der Waals surface area contributed by atoms with E-state index in [9.17, 15) is 15.3 Å². The molecule has 3 aliphatic rings. The van der Waals surface area contributed by atoms with Gasteiger partial charge in [0.25, 0.3) is 0 Å². The van der Waals surface area contributed by atoms with Crippen molar-refractivity contribution in [3.8, 4) is 12.1 Å². The number of nitrogens with zero attached hydrogens (tertiary/aromatic N) is 2. The molecule has 1 aliphatic carbocycles. The average Bonchev–Trinajstić information content (AvgIpc) is 3.23. The van der Waals surface area contributed by atoms with Gasteiger partial charge in [0, 0.05) is 0 Å². The van der Waals surface area contributed by atoms with E-state index in [0.29, 0.717) is 12.8 Å². The summed E-state index contributed by atoms with van der Waals surface area (Å²) >= 11 is 0.161. The number of ketones is 1. The molecular weight excluding hydrogens is 355 g/mol. The molecule has 1 saturated carbocycles. The third kappa shape index (κ3) is 2.09. The van der Waals surface area contributed by atoms with Crippen molar-refractivity contribution in [2.75, 3.05) is 0 Å². The Morgan fingerprint density at radius 2 is 2.00 bits per heavy atom. The Hall–Kier alpha value is -1.91. The first-order valence-corrected chi connectivity index (χ1v) is 9.44. The summed E-state index contributed by atoms with van der Waals surface area (Å²) in [4.78, 5) is 14.2. The maximum absolute atomic E-state index is 12.0. The summed E-state index contributed by atoms with van der Waals surface area (Å²) in [5.41, 5.74) is 0.0284. The van der Waals surface area contributed by atoms with Crippen LogP contribution in [0.15, 0.2) is 40.9 Å². The summed E-state index contributed by atoms with van der Waals surface area (Å²) < 4.78 is 7.07. The summed E-state index contributed by atoms with van der Waals surface area (Å²) in [7, 11) is 0. The minimum atomic E-state index is -1.11. The predicted molar refractivity (Wildman–Crippen MR) is 83.5 cm³/mol. The normalized spacial score (nSPS) is 35.0. The van der Waals surface area contributed by atoms with E-state index in [1.54, 1.807) is 0 Å². The number of rotatable bonds is 2. The Morgan fingerprint density at radius 3 is 2.70 bits per heavy atom. The molecule has 2 saturated heterocycles. The number of Topliss-reactive ketones (excluding diaryl/α,β-unsaturated/α-hetero) is 1. The third-order valence-corrected chi connectivity index (χ3v) is 7.15. The van der Waals surface area contributed by atoms with E-state index in [4.69, 9.17) is 4.74 Å². The van der Waals surface area contributed by atoms with Gasteiger partial charge in [-0.2, -0.15) is 0 Å². The molecule has 2 aliphatic heterocycles. The monoisotopic (exact) mass is 370 g/mol. The van der Waals surface area contributed by atoms with Crippen molar-refractivity contribution >= 4 is 25.2 Å². The number of fused-ring (bicyclic) bond motifs is 5. The summed E-state index contributed by atoms with van der Waals surface area (Å²) in [5.74, 6) is -0.176. The van der Waals surface area contributed by atoms with Crippen molar-refractivity contribution < 1.29 is 9.53 Å². The zero-order chi connectivity index (χ0) is 16.0. The van der Waals surface area contributed by atoms with E-state index in [0.717, 1.165) is 5.57 Å². The molecule has 23 heavy (non-hydrogen) atoms. The molecule has 2 bridgehead atoms. The van der Waals surface area contributed by atoms with Gasteiger partial charge in [0.1, 0.15) is 0 Å². The number of carbonyl (C=O) groups excluding carboxylic acids is 1. The average molecular weight is 369 g/mol. The second-order valence-electron chi connectivity index (χ2n) is 6.31. The zero-order valence-electron chi connectivity index (χ0n) is 12.3. The van der Waals surface area contributed by atoms with Crippen LogP contribution in [0.2, 0.25) is 0 Å². The van der Waals surface area contributed by atoms with Crippen LogP contribution < -0.4 is 4.46 Å². The first-order chi connectivity index (χ1) is 11.2. The summed E-state index contributed by atoms with van der Waals surface area (Å²) in [6.07, 6.45) is 0.181. The van der Waals surface area contributed by atoms with Crippen LogP contribution in [0.5, 0.6) is 0 Å². The van der Waals surface area contributed by atoms with Crippen LogP contribution in [-0.4, -0.2) is 32.9 Å². The van der Waals surface area contributed by atoms with Crippen LogP contribution >= 0.6 is 0 Å². The minimum absolute atomic E-state index is 0.0564. The van der Waals surface area contributed by atoms with Crippen molar-refractivity contribution in [2.45, 2.75) is 25.0 Å². The van der Waals surface area contributed by atoms with Gasteiger partial charge in [-0.15, -0.1) is 0 Å². The van der Waals surface area contributed by atoms with Gasteiger partial charge < -0.3 is 0 Å². The Bertz CT molecular complexity index is 760. The van der Waals surface area contributed by atoms with Crippen LogP contribution in [-0.2, 0) is 9.53 Å². The van der Waals surface area contributed by atoms with Crippen molar-refractivity contribution in [3.05, 3.63) is 40.9 Å². The Morgan fingerprint density at radius 1 is 1.26 bits per heavy atom. The Kier molecular flexibility index (Phi) is 3.39. The Labute approximate surface area is 140 Å². The van der Waals surface area contributed by atoms with E-state index in [-0.39, 0.29) is 38.7 Å². The van der Waals surface area contributed by atoms with E-state index >= 15 is 0 Å². The fourth-order valence-corrected chi connectivity index (χ4v) is 5.92. The van der Waals surface area contributed by atoms with Crippen LogP contribution in [0.3, 0.4) is 0 Å². The van der Waals surface area contributed by atoms with Gasteiger partial charge in [-0.1, -0.05) is 0 Å². The van der Waals surface area contributed by atoms with Crippen molar-refractivity contribution in [1.82, 2.24) is 0 Å². The van der Waals surface area contributed by atoms with Crippen LogP contribution in [0.1, 0.15) is 12.8 Å². The van der Waals surface area contributed by atoms with Crippen molar-refractivity contribution in [3.63, 3.8) is 0 Å². The summed E-state index contributed by atoms with van der Waals surface area (Å²) in [6.45, 7) is 0. The summed E-state index contributed by atoms with van der Waals surface area (Å²) in [5, 5.41) is 19.2. The van der Waals surface area contributed by atoms with Gasteiger partial charge in [0.2, 0.25) is 0 Å². The van der Waals surface area contributed by atoms with E-state index in [2.05, 4.69) is 29.2 Å². The van der Waals surface area contributed by atoms with E-state index in [1.807, 2.05) is 18.2 Å². The number of nitriles is 2. The molecule has 0 spiro atoms. The molecule has 114 valence electrons. The molecule has 0 amide bonds. The number of hydrogen-bond donors (Lipinski definition) is 0. The van der Waals surface area contributed by atoms with Gasteiger partial charge >= 0.3 is 141 Å². The molecule has 5 heteroatoms. The molecule has 1 aromatic carbocycles. The first kappa shape index (κ1) is 14.7. The molecule has 2 heterocycles. The molecule has 4 atom stereocenters. The van der Waals surface area contributed by atoms with Crippen molar-refractivity contribution in [1.29, 1.82) is 10.5 Å². The van der Waals surface area contributed by atoms with E-state index < -0.39 is 11.5 Å². The molecule has 0 radical (unpaired) electrons. The molecule has 4 nitrogen and oxygen atoms in total. The van der Waals surface area contributed by atoms with Gasteiger partial charge in [-0.3, -0.25) is 0 Å². The number of ether oxygens (including phenoxy) is 1. The molecule has 0 N–H and O–H groups in total. The van der Waals surface area contributed by atoms with Crippen LogP contribution in [0.25, 0.3) is 0 Å². The maximum atomic E-state index is 12.0. The number of carbonyl (C=O) groups is 1. The topological polar surface area (TPSA) is 73.9 Å². The summed E-state index contributed by atoms with van der Waals surface area (Å²) in [6, 6.07) is 14.6. The second kappa shape index (κ2) is 5.32. The van der Waals surface area contributed by atoms with Crippen molar-refractivity contribution in [2.24, 2.45) is 17.3 Å². The Balaban J connectivity index is 1.69. The molecule has 4 rings (SSSR count). The van der Waals surface area contributed by atoms with Gasteiger partial charge in [0.15, 0.2) is 0 Å². The fourth-order valence-electron chi connectivity index (χ4n) is 4.15. The second-order valence-corrected chi connectivity index (χ2v) is 8.29.